The maximum absolute atomic E-state index is 12.7. The van der Waals surface area contributed by atoms with Crippen molar-refractivity contribution >= 4 is 18.3 Å². The summed E-state index contributed by atoms with van der Waals surface area (Å²) in [4.78, 5) is 14.2. The molecule has 136 valence electrons. The number of ether oxygens (including phenoxy) is 2. The summed E-state index contributed by atoms with van der Waals surface area (Å²) in [7, 11) is 3.32. The molecule has 2 N–H and O–H groups in total. The summed E-state index contributed by atoms with van der Waals surface area (Å²) in [5.41, 5.74) is 5.97. The van der Waals surface area contributed by atoms with Crippen LogP contribution in [0.1, 0.15) is 12.5 Å². The molecule has 0 saturated carbocycles. The number of halogens is 1. The minimum atomic E-state index is -1.07. The van der Waals surface area contributed by atoms with Gasteiger partial charge in [-0.3, -0.25) is 4.79 Å². The molecular formula is C19H25ClN2O3. The molecule has 0 aliphatic carbocycles. The lowest BCUT2D eigenvalue weighted by Gasteiger charge is -2.29. The summed E-state index contributed by atoms with van der Waals surface area (Å²) >= 11 is 0. The van der Waals surface area contributed by atoms with Crippen LogP contribution in [0, 0.1) is 0 Å². The van der Waals surface area contributed by atoms with Crippen molar-refractivity contribution in [2.45, 2.75) is 12.5 Å². The average Bonchev–Trinajstić information content (AvgIpc) is 2.62. The second kappa shape index (κ2) is 9.30. The van der Waals surface area contributed by atoms with E-state index < -0.39 is 5.54 Å². The van der Waals surface area contributed by atoms with Crippen LogP contribution in [0.15, 0.2) is 54.6 Å². The Hall–Kier alpha value is -2.24. The molecule has 0 aliphatic heterocycles. The van der Waals surface area contributed by atoms with E-state index in [1.165, 1.54) is 0 Å². The normalized spacial score (nSPS) is 12.5. The quantitative estimate of drug-likeness (QED) is 0.820. The lowest BCUT2D eigenvalue weighted by molar-refractivity contribution is -0.135. The summed E-state index contributed by atoms with van der Waals surface area (Å²) in [5.74, 6) is 1.16. The smallest absolute Gasteiger partial charge is 0.246 e. The van der Waals surface area contributed by atoms with E-state index >= 15 is 0 Å². The molecule has 0 radical (unpaired) electrons. The molecule has 2 rings (SSSR count). The molecule has 0 fully saturated rings. The third-order valence-corrected chi connectivity index (χ3v) is 3.92. The van der Waals surface area contributed by atoms with Gasteiger partial charge in [-0.05, 0) is 24.6 Å². The van der Waals surface area contributed by atoms with Gasteiger partial charge >= 0.3 is 0 Å². The maximum atomic E-state index is 12.7. The van der Waals surface area contributed by atoms with Gasteiger partial charge in [-0.1, -0.05) is 42.5 Å². The van der Waals surface area contributed by atoms with Crippen molar-refractivity contribution in [3.05, 3.63) is 60.2 Å². The van der Waals surface area contributed by atoms with Crippen molar-refractivity contribution in [2.24, 2.45) is 5.73 Å². The van der Waals surface area contributed by atoms with Gasteiger partial charge in [0.25, 0.3) is 0 Å². The second-order valence-electron chi connectivity index (χ2n) is 5.79. The SMILES string of the molecule is COc1ccccc1OCCN(C)C(=O)C(C)(N)c1ccccc1.Cl. The molecule has 0 bridgehead atoms. The molecule has 5 nitrogen and oxygen atoms in total. The molecule has 6 heteroatoms. The number of nitrogens with zero attached hydrogens (tertiary/aromatic N) is 1. The first-order valence-corrected chi connectivity index (χ1v) is 7.82. The van der Waals surface area contributed by atoms with Gasteiger partial charge in [0.05, 0.1) is 13.7 Å². The van der Waals surface area contributed by atoms with Gasteiger partial charge in [0, 0.05) is 7.05 Å². The van der Waals surface area contributed by atoms with Crippen LogP contribution in [-0.2, 0) is 10.3 Å². The van der Waals surface area contributed by atoms with Crippen molar-refractivity contribution in [3.8, 4) is 11.5 Å². The highest BCUT2D eigenvalue weighted by Gasteiger charge is 2.32. The molecule has 0 aliphatic rings. The number of methoxy groups -OCH3 is 1. The predicted molar refractivity (Wildman–Crippen MR) is 101 cm³/mol. The minimum absolute atomic E-state index is 0. The molecule has 25 heavy (non-hydrogen) atoms. The number of nitrogens with two attached hydrogens (primary N) is 1. The summed E-state index contributed by atoms with van der Waals surface area (Å²) in [6, 6.07) is 16.8. The van der Waals surface area contributed by atoms with Crippen LogP contribution in [0.5, 0.6) is 11.5 Å². The highest BCUT2D eigenvalue weighted by atomic mass is 35.5. The second-order valence-corrected chi connectivity index (χ2v) is 5.79. The van der Waals surface area contributed by atoms with Gasteiger partial charge in [-0.15, -0.1) is 12.4 Å². The largest absolute Gasteiger partial charge is 0.493 e. The number of rotatable bonds is 7. The fraction of sp³-hybridized carbons (Fsp3) is 0.316. The van der Waals surface area contributed by atoms with E-state index in [2.05, 4.69) is 0 Å². The maximum Gasteiger partial charge on any atom is 0.246 e. The monoisotopic (exact) mass is 364 g/mol. The van der Waals surface area contributed by atoms with E-state index in [1.807, 2.05) is 54.6 Å². The topological polar surface area (TPSA) is 64.8 Å². The summed E-state index contributed by atoms with van der Waals surface area (Å²) in [6.45, 7) is 2.51. The molecule has 0 saturated heterocycles. The minimum Gasteiger partial charge on any atom is -0.493 e. The van der Waals surface area contributed by atoms with Crippen molar-refractivity contribution in [1.82, 2.24) is 4.90 Å². The lowest BCUT2D eigenvalue weighted by Crippen LogP contribution is -2.50. The Balaban J connectivity index is 0.00000312. The van der Waals surface area contributed by atoms with E-state index in [4.69, 9.17) is 15.2 Å². The number of carbonyl (C=O) groups is 1. The first-order chi connectivity index (χ1) is 11.5. The van der Waals surface area contributed by atoms with Crippen LogP contribution >= 0.6 is 12.4 Å². The van der Waals surface area contributed by atoms with Crippen molar-refractivity contribution in [2.75, 3.05) is 27.3 Å². The van der Waals surface area contributed by atoms with Crippen molar-refractivity contribution in [3.63, 3.8) is 0 Å². The standard InChI is InChI=1S/C19H24N2O3.ClH/c1-19(20,15-9-5-4-6-10-15)18(22)21(2)13-14-24-17-12-8-7-11-16(17)23-3;/h4-12H,13-14,20H2,1-3H3;1H. The zero-order valence-corrected chi connectivity index (χ0v) is 15.6. The molecule has 0 spiro atoms. The zero-order chi connectivity index (χ0) is 17.6. The van der Waals surface area contributed by atoms with Crippen molar-refractivity contribution < 1.29 is 14.3 Å². The Kier molecular flexibility index (Phi) is 7.74. The Bertz CT molecular complexity index is 677. The van der Waals surface area contributed by atoms with Gasteiger partial charge in [0.1, 0.15) is 12.1 Å². The van der Waals surface area contributed by atoms with E-state index in [9.17, 15) is 4.79 Å². The molecule has 0 aromatic heterocycles. The highest BCUT2D eigenvalue weighted by molar-refractivity contribution is 5.86. The summed E-state index contributed by atoms with van der Waals surface area (Å²) in [5, 5.41) is 0. The summed E-state index contributed by atoms with van der Waals surface area (Å²) < 4.78 is 10.9. The molecule has 2 aromatic rings. The molecule has 0 heterocycles. The van der Waals surface area contributed by atoms with Crippen LogP contribution in [0.2, 0.25) is 0 Å². The van der Waals surface area contributed by atoms with Crippen molar-refractivity contribution in [1.29, 1.82) is 0 Å². The number of amides is 1. The zero-order valence-electron chi connectivity index (χ0n) is 14.8. The number of likely N-dealkylation sites (N-methyl/N-ethyl adjacent to an activating group) is 1. The number of hydrogen-bond donors (Lipinski definition) is 1. The number of benzene rings is 2. The number of carbonyl (C=O) groups excluding carboxylic acids is 1. The van der Waals surface area contributed by atoms with Gasteiger partial charge < -0.3 is 20.1 Å². The molecule has 1 amide bonds. The third kappa shape index (κ3) is 5.11. The van der Waals surface area contributed by atoms with Crippen LogP contribution in [0.3, 0.4) is 0 Å². The molecule has 2 aromatic carbocycles. The van der Waals surface area contributed by atoms with E-state index in [-0.39, 0.29) is 18.3 Å². The molecule has 1 atom stereocenters. The fourth-order valence-corrected chi connectivity index (χ4v) is 2.44. The number of para-hydroxylation sites is 2. The average molecular weight is 365 g/mol. The van der Waals surface area contributed by atoms with Crippen LogP contribution in [-0.4, -0.2) is 38.1 Å². The highest BCUT2D eigenvalue weighted by Crippen LogP contribution is 2.25. The third-order valence-electron chi connectivity index (χ3n) is 3.92. The number of hydrogen-bond acceptors (Lipinski definition) is 4. The van der Waals surface area contributed by atoms with Gasteiger partial charge in [0.15, 0.2) is 11.5 Å². The summed E-state index contributed by atoms with van der Waals surface area (Å²) in [6.07, 6.45) is 0. The van der Waals surface area contributed by atoms with Gasteiger partial charge in [-0.25, -0.2) is 0 Å². The van der Waals surface area contributed by atoms with E-state index in [0.29, 0.717) is 24.7 Å². The van der Waals surface area contributed by atoms with Crippen LogP contribution < -0.4 is 15.2 Å². The van der Waals surface area contributed by atoms with Gasteiger partial charge in [0.2, 0.25) is 5.91 Å². The van der Waals surface area contributed by atoms with Gasteiger partial charge in [-0.2, -0.15) is 0 Å². The molecular weight excluding hydrogens is 340 g/mol. The first-order valence-electron chi connectivity index (χ1n) is 7.82. The van der Waals surface area contributed by atoms with Crippen LogP contribution in [0.4, 0.5) is 0 Å². The lowest BCUT2D eigenvalue weighted by atomic mass is 9.92. The molecule has 1 unspecified atom stereocenters. The van der Waals surface area contributed by atoms with E-state index in [0.717, 1.165) is 5.56 Å². The predicted octanol–water partition coefficient (Wildman–Crippen LogP) is 2.83. The van der Waals surface area contributed by atoms with E-state index in [1.54, 1.807) is 26.0 Å². The Labute approximate surface area is 155 Å². The Morgan fingerprint density at radius 2 is 1.64 bits per heavy atom. The Morgan fingerprint density at radius 3 is 2.24 bits per heavy atom. The van der Waals surface area contributed by atoms with Crippen LogP contribution in [0.25, 0.3) is 0 Å². The Morgan fingerprint density at radius 1 is 1.08 bits per heavy atom. The first kappa shape index (κ1) is 20.8. The fourth-order valence-electron chi connectivity index (χ4n) is 2.44.